The third kappa shape index (κ3) is 7.32. The number of benzene rings is 1. The third-order valence-corrected chi connectivity index (χ3v) is 7.17. The van der Waals surface area contributed by atoms with Gasteiger partial charge in [-0.05, 0) is 68.9 Å². The van der Waals surface area contributed by atoms with Gasteiger partial charge >= 0.3 is 5.97 Å². The van der Waals surface area contributed by atoms with Crippen LogP contribution >= 0.6 is 11.3 Å². The van der Waals surface area contributed by atoms with Crippen LogP contribution in [0.1, 0.15) is 103 Å². The fraction of sp³-hybridized carbons (Fsp3) is 0.556. The summed E-state index contributed by atoms with van der Waals surface area (Å²) in [6.07, 6.45) is 12.4. The molecule has 180 valence electrons. The number of anilines is 1. The van der Waals surface area contributed by atoms with E-state index in [0.29, 0.717) is 29.3 Å². The van der Waals surface area contributed by atoms with Crippen molar-refractivity contribution in [2.24, 2.45) is 0 Å². The first-order chi connectivity index (χ1) is 16.1. The molecule has 33 heavy (non-hydrogen) atoms. The molecule has 1 aromatic heterocycles. The van der Waals surface area contributed by atoms with Gasteiger partial charge in [-0.2, -0.15) is 0 Å². The molecular weight excluding hydrogens is 434 g/mol. The summed E-state index contributed by atoms with van der Waals surface area (Å²) in [4.78, 5) is 27.2. The highest BCUT2D eigenvalue weighted by molar-refractivity contribution is 7.17. The van der Waals surface area contributed by atoms with E-state index in [9.17, 15) is 9.59 Å². The Kier molecular flexibility index (Phi) is 10.3. The standard InChI is InChI=1S/C27H37NO4S/c1-3-19-32-21-17-15-20(16-18-21)25(29)28-26-24(27(30)31-4-2)22-13-11-9-7-5-6-8-10-12-14-23(22)33-26/h15-18H,3-14,19H2,1-2H3,(H,28,29). The van der Waals surface area contributed by atoms with Gasteiger partial charge in [-0.25, -0.2) is 4.79 Å². The molecule has 1 N–H and O–H groups in total. The summed E-state index contributed by atoms with van der Waals surface area (Å²) in [6, 6.07) is 7.14. The lowest BCUT2D eigenvalue weighted by molar-refractivity contribution is 0.0526. The summed E-state index contributed by atoms with van der Waals surface area (Å²) in [5.41, 5.74) is 2.18. The molecule has 6 heteroatoms. The molecule has 0 atom stereocenters. The van der Waals surface area contributed by atoms with Crippen LogP contribution in [-0.2, 0) is 17.6 Å². The summed E-state index contributed by atoms with van der Waals surface area (Å²) in [5, 5.41) is 3.64. The molecule has 5 nitrogen and oxygen atoms in total. The van der Waals surface area contributed by atoms with E-state index in [0.717, 1.165) is 43.4 Å². The van der Waals surface area contributed by atoms with Gasteiger partial charge in [0, 0.05) is 10.4 Å². The van der Waals surface area contributed by atoms with Crippen LogP contribution in [0, 0.1) is 0 Å². The maximum absolute atomic E-state index is 13.0. The number of ether oxygens (including phenoxy) is 2. The van der Waals surface area contributed by atoms with Crippen molar-refractivity contribution in [1.29, 1.82) is 0 Å². The Hall–Kier alpha value is -2.34. The average molecular weight is 472 g/mol. The second-order valence-corrected chi connectivity index (χ2v) is 9.69. The first-order valence-corrected chi connectivity index (χ1v) is 13.3. The number of rotatable bonds is 7. The van der Waals surface area contributed by atoms with Crippen LogP contribution in [0.25, 0.3) is 0 Å². The molecule has 3 rings (SSSR count). The fourth-order valence-corrected chi connectivity index (χ4v) is 5.50. The van der Waals surface area contributed by atoms with Gasteiger partial charge < -0.3 is 14.8 Å². The molecule has 1 aliphatic carbocycles. The first kappa shape index (κ1) is 25.3. The van der Waals surface area contributed by atoms with Crippen molar-refractivity contribution in [3.63, 3.8) is 0 Å². The van der Waals surface area contributed by atoms with Crippen molar-refractivity contribution in [3.8, 4) is 5.75 Å². The molecule has 0 saturated carbocycles. The fourth-order valence-electron chi connectivity index (χ4n) is 4.23. The smallest absolute Gasteiger partial charge is 0.341 e. The van der Waals surface area contributed by atoms with Crippen LogP contribution in [0.3, 0.4) is 0 Å². The summed E-state index contributed by atoms with van der Waals surface area (Å²) >= 11 is 1.55. The lowest BCUT2D eigenvalue weighted by atomic mass is 9.97. The normalized spacial score (nSPS) is 15.0. The predicted molar refractivity (Wildman–Crippen MR) is 135 cm³/mol. The Morgan fingerprint density at radius 2 is 1.55 bits per heavy atom. The molecule has 0 spiro atoms. The Morgan fingerprint density at radius 1 is 0.909 bits per heavy atom. The quantitative estimate of drug-likeness (QED) is 0.434. The number of carbonyl (C=O) groups excluding carboxylic acids is 2. The summed E-state index contributed by atoms with van der Waals surface area (Å²) in [6.45, 7) is 4.84. The summed E-state index contributed by atoms with van der Waals surface area (Å²) in [5.74, 6) is 0.194. The second kappa shape index (κ2) is 13.4. The maximum Gasteiger partial charge on any atom is 0.341 e. The molecule has 0 aliphatic heterocycles. The van der Waals surface area contributed by atoms with Crippen molar-refractivity contribution < 1.29 is 19.1 Å². The molecule has 0 fully saturated rings. The van der Waals surface area contributed by atoms with E-state index in [1.165, 1.54) is 43.4 Å². The van der Waals surface area contributed by atoms with E-state index in [1.807, 2.05) is 19.1 Å². The molecular formula is C27H37NO4S. The van der Waals surface area contributed by atoms with Crippen molar-refractivity contribution in [3.05, 3.63) is 45.8 Å². The van der Waals surface area contributed by atoms with Gasteiger partial charge in [0.05, 0.1) is 18.8 Å². The van der Waals surface area contributed by atoms with Crippen LogP contribution in [-0.4, -0.2) is 25.1 Å². The predicted octanol–water partition coefficient (Wildman–Crippen LogP) is 7.19. The topological polar surface area (TPSA) is 64.6 Å². The van der Waals surface area contributed by atoms with Crippen LogP contribution in [0.15, 0.2) is 24.3 Å². The monoisotopic (exact) mass is 471 g/mol. The van der Waals surface area contributed by atoms with E-state index in [-0.39, 0.29) is 11.9 Å². The minimum absolute atomic E-state index is 0.222. The van der Waals surface area contributed by atoms with E-state index in [1.54, 1.807) is 23.5 Å². The molecule has 0 radical (unpaired) electrons. The van der Waals surface area contributed by atoms with Crippen molar-refractivity contribution in [2.45, 2.75) is 84.5 Å². The zero-order valence-electron chi connectivity index (χ0n) is 20.0. The number of carbonyl (C=O) groups is 2. The van der Waals surface area contributed by atoms with E-state index < -0.39 is 0 Å². The SMILES string of the molecule is CCCOc1ccc(C(=O)Nc2sc3c(c2C(=O)OCC)CCCCCCCCCC3)cc1. The molecule has 1 aliphatic rings. The van der Waals surface area contributed by atoms with Crippen molar-refractivity contribution >= 4 is 28.2 Å². The Bertz CT molecular complexity index is 904. The summed E-state index contributed by atoms with van der Waals surface area (Å²) in [7, 11) is 0. The van der Waals surface area contributed by atoms with Gasteiger partial charge in [-0.1, -0.05) is 45.4 Å². The Labute approximate surface area is 201 Å². The average Bonchev–Trinajstić information content (AvgIpc) is 3.14. The van der Waals surface area contributed by atoms with Crippen LogP contribution in [0.5, 0.6) is 5.75 Å². The number of fused-ring (bicyclic) bond motifs is 1. The molecule has 2 aromatic rings. The van der Waals surface area contributed by atoms with E-state index in [2.05, 4.69) is 12.2 Å². The minimum Gasteiger partial charge on any atom is -0.494 e. The second-order valence-electron chi connectivity index (χ2n) is 8.58. The first-order valence-electron chi connectivity index (χ1n) is 12.5. The van der Waals surface area contributed by atoms with Gasteiger partial charge in [0.15, 0.2) is 0 Å². The van der Waals surface area contributed by atoms with Crippen molar-refractivity contribution in [1.82, 2.24) is 0 Å². The Balaban J connectivity index is 1.85. The number of thiophene rings is 1. The zero-order valence-corrected chi connectivity index (χ0v) is 20.9. The molecule has 1 amide bonds. The molecule has 1 aromatic carbocycles. The van der Waals surface area contributed by atoms with Crippen LogP contribution in [0.4, 0.5) is 5.00 Å². The lowest BCUT2D eigenvalue weighted by Crippen LogP contribution is -2.15. The van der Waals surface area contributed by atoms with Crippen LogP contribution < -0.4 is 10.1 Å². The number of amides is 1. The largest absolute Gasteiger partial charge is 0.494 e. The van der Waals surface area contributed by atoms with Gasteiger partial charge in [-0.3, -0.25) is 4.79 Å². The Morgan fingerprint density at radius 3 is 2.18 bits per heavy atom. The summed E-state index contributed by atoms with van der Waals surface area (Å²) < 4.78 is 11.0. The number of aryl methyl sites for hydroxylation is 1. The highest BCUT2D eigenvalue weighted by Crippen LogP contribution is 2.37. The molecule has 1 heterocycles. The zero-order chi connectivity index (χ0) is 23.5. The molecule has 0 saturated heterocycles. The number of nitrogens with one attached hydrogen (secondary N) is 1. The van der Waals surface area contributed by atoms with E-state index >= 15 is 0 Å². The maximum atomic E-state index is 13.0. The minimum atomic E-state index is -0.333. The molecule has 0 unspecified atom stereocenters. The highest BCUT2D eigenvalue weighted by Gasteiger charge is 2.26. The van der Waals surface area contributed by atoms with Gasteiger partial charge in [-0.15, -0.1) is 11.3 Å². The van der Waals surface area contributed by atoms with Gasteiger partial charge in [0.1, 0.15) is 10.8 Å². The van der Waals surface area contributed by atoms with Crippen LogP contribution in [0.2, 0.25) is 0 Å². The number of esters is 1. The van der Waals surface area contributed by atoms with Gasteiger partial charge in [0.2, 0.25) is 0 Å². The third-order valence-electron chi connectivity index (χ3n) is 5.97. The molecule has 0 bridgehead atoms. The van der Waals surface area contributed by atoms with E-state index in [4.69, 9.17) is 9.47 Å². The van der Waals surface area contributed by atoms with Gasteiger partial charge in [0.25, 0.3) is 5.91 Å². The van der Waals surface area contributed by atoms with Crippen molar-refractivity contribution in [2.75, 3.05) is 18.5 Å². The number of hydrogen-bond donors (Lipinski definition) is 1. The lowest BCUT2D eigenvalue weighted by Gasteiger charge is -2.11. The number of hydrogen-bond acceptors (Lipinski definition) is 5. The highest BCUT2D eigenvalue weighted by atomic mass is 32.1.